The molecule has 2 heterocycles. The van der Waals surface area contributed by atoms with Crippen LogP contribution in [0.25, 0.3) is 0 Å². The number of aromatic nitrogens is 3. The molecule has 0 aromatic carbocycles. The van der Waals surface area contributed by atoms with E-state index in [-0.39, 0.29) is 11.3 Å². The lowest BCUT2D eigenvalue weighted by Gasteiger charge is -2.09. The van der Waals surface area contributed by atoms with Gasteiger partial charge >= 0.3 is 5.97 Å². The van der Waals surface area contributed by atoms with Gasteiger partial charge in [0.05, 0.1) is 30.2 Å². The van der Waals surface area contributed by atoms with Crippen LogP contribution in [0.4, 0.5) is 17.2 Å². The van der Waals surface area contributed by atoms with Crippen molar-refractivity contribution in [3.8, 4) is 0 Å². The molecule has 19 heavy (non-hydrogen) atoms. The zero-order chi connectivity index (χ0) is 13.8. The molecule has 0 aliphatic rings. The molecule has 0 aliphatic carbocycles. The number of esters is 1. The zero-order valence-corrected chi connectivity index (χ0v) is 10.8. The highest BCUT2D eigenvalue weighted by molar-refractivity contribution is 5.97. The number of aryl methyl sites for hydroxylation is 1. The van der Waals surface area contributed by atoms with Gasteiger partial charge in [-0.25, -0.2) is 9.78 Å². The van der Waals surface area contributed by atoms with Gasteiger partial charge in [0.2, 0.25) is 0 Å². The number of methoxy groups -OCH3 is 1. The highest BCUT2D eigenvalue weighted by atomic mass is 16.5. The van der Waals surface area contributed by atoms with Gasteiger partial charge in [-0.1, -0.05) is 0 Å². The fourth-order valence-electron chi connectivity index (χ4n) is 1.60. The first-order chi connectivity index (χ1) is 9.15. The summed E-state index contributed by atoms with van der Waals surface area (Å²) >= 11 is 0. The fourth-order valence-corrected chi connectivity index (χ4v) is 1.60. The molecule has 2 rings (SSSR count). The van der Waals surface area contributed by atoms with Crippen molar-refractivity contribution in [1.82, 2.24) is 14.8 Å². The van der Waals surface area contributed by atoms with E-state index in [4.69, 9.17) is 5.73 Å². The summed E-state index contributed by atoms with van der Waals surface area (Å²) in [5.74, 6) is -0.0919. The highest BCUT2D eigenvalue weighted by Gasteiger charge is 2.14. The predicted octanol–water partition coefficient (Wildman–Crippen LogP) is 1.41. The SMILES string of the molecule is CCn1cc(Nc2nccc(C(=O)OC)c2N)cn1. The third kappa shape index (κ3) is 2.65. The molecule has 3 N–H and O–H groups in total. The van der Waals surface area contributed by atoms with Crippen molar-refractivity contribution < 1.29 is 9.53 Å². The van der Waals surface area contributed by atoms with E-state index in [2.05, 4.69) is 20.1 Å². The van der Waals surface area contributed by atoms with Crippen LogP contribution in [0.5, 0.6) is 0 Å². The molecule has 0 saturated heterocycles. The third-order valence-electron chi connectivity index (χ3n) is 2.62. The topological polar surface area (TPSA) is 95.1 Å². The number of rotatable bonds is 4. The van der Waals surface area contributed by atoms with Crippen molar-refractivity contribution >= 4 is 23.2 Å². The maximum Gasteiger partial charge on any atom is 0.340 e. The second-order valence-electron chi connectivity index (χ2n) is 3.82. The van der Waals surface area contributed by atoms with Crippen molar-refractivity contribution in [3.05, 3.63) is 30.2 Å². The maximum atomic E-state index is 11.5. The summed E-state index contributed by atoms with van der Waals surface area (Å²) in [7, 11) is 1.31. The van der Waals surface area contributed by atoms with Crippen LogP contribution in [0.15, 0.2) is 24.7 Å². The molecule has 0 spiro atoms. The van der Waals surface area contributed by atoms with Gasteiger partial charge in [0, 0.05) is 18.9 Å². The Balaban J connectivity index is 2.27. The van der Waals surface area contributed by atoms with Crippen LogP contribution < -0.4 is 11.1 Å². The Labute approximate surface area is 110 Å². The lowest BCUT2D eigenvalue weighted by atomic mass is 10.2. The normalized spacial score (nSPS) is 10.2. The van der Waals surface area contributed by atoms with Crippen LogP contribution in [0.2, 0.25) is 0 Å². The minimum atomic E-state index is -0.493. The Morgan fingerprint density at radius 2 is 2.37 bits per heavy atom. The molecular weight excluding hydrogens is 246 g/mol. The molecule has 0 saturated carbocycles. The van der Waals surface area contributed by atoms with E-state index in [1.165, 1.54) is 19.4 Å². The number of anilines is 3. The first-order valence-electron chi connectivity index (χ1n) is 5.78. The van der Waals surface area contributed by atoms with Crippen LogP contribution in [0.3, 0.4) is 0 Å². The van der Waals surface area contributed by atoms with Gasteiger partial charge < -0.3 is 15.8 Å². The van der Waals surface area contributed by atoms with Gasteiger partial charge in [-0.3, -0.25) is 4.68 Å². The summed E-state index contributed by atoms with van der Waals surface area (Å²) in [5, 5.41) is 7.15. The summed E-state index contributed by atoms with van der Waals surface area (Å²) in [4.78, 5) is 15.6. The van der Waals surface area contributed by atoms with Gasteiger partial charge in [0.15, 0.2) is 5.82 Å². The molecular formula is C12H15N5O2. The van der Waals surface area contributed by atoms with E-state index in [0.29, 0.717) is 5.82 Å². The molecule has 0 atom stereocenters. The Kier molecular flexibility index (Phi) is 3.65. The zero-order valence-electron chi connectivity index (χ0n) is 10.8. The molecule has 0 fully saturated rings. The van der Waals surface area contributed by atoms with Crippen molar-refractivity contribution in [3.63, 3.8) is 0 Å². The predicted molar refractivity (Wildman–Crippen MR) is 71.2 cm³/mol. The summed E-state index contributed by atoms with van der Waals surface area (Å²) in [6, 6.07) is 1.52. The van der Waals surface area contributed by atoms with Gasteiger partial charge in [-0.2, -0.15) is 5.10 Å². The number of carbonyl (C=O) groups is 1. The molecule has 0 amide bonds. The first-order valence-corrected chi connectivity index (χ1v) is 5.78. The summed E-state index contributed by atoms with van der Waals surface area (Å²) in [5.41, 5.74) is 7.18. The van der Waals surface area contributed by atoms with Crippen LogP contribution in [0, 0.1) is 0 Å². The maximum absolute atomic E-state index is 11.5. The van der Waals surface area contributed by atoms with Crippen molar-refractivity contribution in [2.24, 2.45) is 0 Å². The average Bonchev–Trinajstić information content (AvgIpc) is 2.88. The van der Waals surface area contributed by atoms with Gasteiger partial charge in [0.1, 0.15) is 0 Å². The number of pyridine rings is 1. The van der Waals surface area contributed by atoms with E-state index >= 15 is 0 Å². The second-order valence-corrected chi connectivity index (χ2v) is 3.82. The average molecular weight is 261 g/mol. The van der Waals surface area contributed by atoms with E-state index in [9.17, 15) is 4.79 Å². The van der Waals surface area contributed by atoms with Crippen LogP contribution in [-0.4, -0.2) is 27.8 Å². The number of ether oxygens (including phenoxy) is 1. The molecule has 2 aromatic rings. The summed E-state index contributed by atoms with van der Waals surface area (Å²) in [6.07, 6.45) is 4.98. The van der Waals surface area contributed by atoms with Gasteiger partial charge in [0.25, 0.3) is 0 Å². The van der Waals surface area contributed by atoms with E-state index < -0.39 is 5.97 Å². The number of nitrogens with zero attached hydrogens (tertiary/aromatic N) is 3. The highest BCUT2D eigenvalue weighted by Crippen LogP contribution is 2.24. The molecule has 2 aromatic heterocycles. The smallest absolute Gasteiger partial charge is 0.340 e. The third-order valence-corrected chi connectivity index (χ3v) is 2.62. The molecule has 7 heteroatoms. The van der Waals surface area contributed by atoms with E-state index in [1.807, 2.05) is 13.1 Å². The molecule has 0 bridgehead atoms. The van der Waals surface area contributed by atoms with Crippen LogP contribution in [-0.2, 0) is 11.3 Å². The minimum absolute atomic E-state index is 0.249. The molecule has 100 valence electrons. The molecule has 7 nitrogen and oxygen atoms in total. The number of hydrogen-bond acceptors (Lipinski definition) is 6. The van der Waals surface area contributed by atoms with Crippen LogP contribution >= 0.6 is 0 Å². The van der Waals surface area contributed by atoms with E-state index in [0.717, 1.165) is 12.2 Å². The molecule has 0 aliphatic heterocycles. The largest absolute Gasteiger partial charge is 0.465 e. The Bertz CT molecular complexity index is 594. The summed E-state index contributed by atoms with van der Waals surface area (Å²) in [6.45, 7) is 2.76. The van der Waals surface area contributed by atoms with Crippen LogP contribution in [0.1, 0.15) is 17.3 Å². The quantitative estimate of drug-likeness (QED) is 0.808. The monoisotopic (exact) mass is 261 g/mol. The number of nitrogens with one attached hydrogen (secondary N) is 1. The van der Waals surface area contributed by atoms with Gasteiger partial charge in [-0.05, 0) is 13.0 Å². The fraction of sp³-hybridized carbons (Fsp3) is 0.250. The molecule has 0 unspecified atom stereocenters. The Hall–Kier alpha value is -2.57. The number of nitrogens with two attached hydrogens (primary N) is 1. The first kappa shape index (κ1) is 12.9. The van der Waals surface area contributed by atoms with Crippen molar-refractivity contribution in [2.45, 2.75) is 13.5 Å². The number of nitrogen functional groups attached to an aromatic ring is 1. The molecule has 0 radical (unpaired) electrons. The minimum Gasteiger partial charge on any atom is -0.465 e. The lowest BCUT2D eigenvalue weighted by molar-refractivity contribution is 0.0602. The number of hydrogen-bond donors (Lipinski definition) is 2. The Morgan fingerprint density at radius 3 is 3.00 bits per heavy atom. The Morgan fingerprint density at radius 1 is 1.58 bits per heavy atom. The number of carbonyl (C=O) groups excluding carboxylic acids is 1. The van der Waals surface area contributed by atoms with E-state index in [1.54, 1.807) is 10.9 Å². The van der Waals surface area contributed by atoms with Crippen molar-refractivity contribution in [2.75, 3.05) is 18.2 Å². The van der Waals surface area contributed by atoms with Crippen molar-refractivity contribution in [1.29, 1.82) is 0 Å². The summed E-state index contributed by atoms with van der Waals surface area (Å²) < 4.78 is 6.42. The second kappa shape index (κ2) is 5.38. The lowest BCUT2D eigenvalue weighted by Crippen LogP contribution is -2.08. The standard InChI is InChI=1S/C12H15N5O2/c1-3-17-7-8(6-15-17)16-11-10(13)9(4-5-14-11)12(18)19-2/h4-7H,3,13H2,1-2H3,(H,14,16). The van der Waals surface area contributed by atoms with Gasteiger partial charge in [-0.15, -0.1) is 0 Å².